The number of carboxylic acids is 1. The zero-order valence-corrected chi connectivity index (χ0v) is 8.52. The minimum Gasteiger partial charge on any atom is -0.480 e. The SMILES string of the molecule is O=C(O)C1(Nc2nc(C(F)(F)F)ns2)CC1. The first-order chi connectivity index (χ1) is 7.33. The number of halogens is 3. The maximum Gasteiger partial charge on any atom is 0.452 e. The molecule has 0 aromatic carbocycles. The summed E-state index contributed by atoms with van der Waals surface area (Å²) in [6.45, 7) is 0. The maximum absolute atomic E-state index is 12.1. The summed E-state index contributed by atoms with van der Waals surface area (Å²) in [6, 6.07) is 0. The molecule has 16 heavy (non-hydrogen) atoms. The monoisotopic (exact) mass is 253 g/mol. The molecule has 0 radical (unpaired) electrons. The molecule has 0 saturated heterocycles. The van der Waals surface area contributed by atoms with E-state index in [-0.39, 0.29) is 5.13 Å². The van der Waals surface area contributed by atoms with Gasteiger partial charge in [-0.3, -0.25) is 0 Å². The molecule has 1 saturated carbocycles. The van der Waals surface area contributed by atoms with Gasteiger partial charge in [0.05, 0.1) is 0 Å². The van der Waals surface area contributed by atoms with Crippen LogP contribution in [0, 0.1) is 0 Å². The van der Waals surface area contributed by atoms with Gasteiger partial charge in [-0.2, -0.15) is 22.5 Å². The van der Waals surface area contributed by atoms with Crippen LogP contribution in [-0.2, 0) is 11.0 Å². The van der Waals surface area contributed by atoms with E-state index in [1.165, 1.54) is 0 Å². The molecule has 9 heteroatoms. The lowest BCUT2D eigenvalue weighted by atomic mass is 10.3. The Morgan fingerprint density at radius 2 is 2.12 bits per heavy atom. The number of carbonyl (C=O) groups is 1. The Hall–Kier alpha value is -1.38. The normalized spacial score (nSPS) is 18.2. The zero-order chi connectivity index (χ0) is 12.0. The van der Waals surface area contributed by atoms with Gasteiger partial charge in [-0.05, 0) is 12.8 Å². The molecule has 1 aromatic heterocycles. The molecule has 0 aliphatic heterocycles. The standard InChI is InChI=1S/C7H6F3N3O2S/c8-7(9,10)3-11-5(16-13-3)12-6(1-2-6)4(14)15/h1-2H2,(H,14,15)(H,11,12,13). The largest absolute Gasteiger partial charge is 0.480 e. The first-order valence-corrected chi connectivity index (χ1v) is 5.03. The number of rotatable bonds is 3. The van der Waals surface area contributed by atoms with Crippen molar-refractivity contribution < 1.29 is 23.1 Å². The summed E-state index contributed by atoms with van der Waals surface area (Å²) in [5, 5.41) is 11.2. The summed E-state index contributed by atoms with van der Waals surface area (Å²) in [4.78, 5) is 14.0. The number of alkyl halides is 3. The highest BCUT2D eigenvalue weighted by atomic mass is 32.1. The molecule has 88 valence electrons. The van der Waals surface area contributed by atoms with Crippen molar-refractivity contribution in [1.29, 1.82) is 0 Å². The second kappa shape index (κ2) is 3.30. The van der Waals surface area contributed by atoms with Crippen LogP contribution in [0.5, 0.6) is 0 Å². The van der Waals surface area contributed by atoms with Crippen LogP contribution in [0.3, 0.4) is 0 Å². The van der Waals surface area contributed by atoms with E-state index in [2.05, 4.69) is 14.7 Å². The van der Waals surface area contributed by atoms with E-state index in [0.717, 1.165) is 0 Å². The number of aromatic nitrogens is 2. The highest BCUT2D eigenvalue weighted by Gasteiger charge is 2.51. The Morgan fingerprint density at radius 3 is 2.50 bits per heavy atom. The van der Waals surface area contributed by atoms with E-state index < -0.39 is 23.5 Å². The molecule has 2 rings (SSSR count). The van der Waals surface area contributed by atoms with Gasteiger partial charge in [-0.25, -0.2) is 4.79 Å². The number of aliphatic carboxylic acids is 1. The van der Waals surface area contributed by atoms with Crippen molar-refractivity contribution in [3.05, 3.63) is 5.82 Å². The van der Waals surface area contributed by atoms with Crippen molar-refractivity contribution in [2.45, 2.75) is 24.6 Å². The van der Waals surface area contributed by atoms with Gasteiger partial charge < -0.3 is 10.4 Å². The van der Waals surface area contributed by atoms with Gasteiger partial charge in [-0.15, -0.1) is 0 Å². The van der Waals surface area contributed by atoms with Crippen molar-refractivity contribution in [3.8, 4) is 0 Å². The highest BCUT2D eigenvalue weighted by molar-refractivity contribution is 7.09. The van der Waals surface area contributed by atoms with Gasteiger partial charge in [0.25, 0.3) is 0 Å². The van der Waals surface area contributed by atoms with Gasteiger partial charge in [0, 0.05) is 11.5 Å². The first-order valence-electron chi connectivity index (χ1n) is 4.26. The predicted molar refractivity (Wildman–Crippen MR) is 48.1 cm³/mol. The van der Waals surface area contributed by atoms with Crippen LogP contribution < -0.4 is 5.32 Å². The van der Waals surface area contributed by atoms with Crippen LogP contribution >= 0.6 is 11.5 Å². The van der Waals surface area contributed by atoms with Gasteiger partial charge in [-0.1, -0.05) is 0 Å². The van der Waals surface area contributed by atoms with Crippen LogP contribution in [0.1, 0.15) is 18.7 Å². The Labute approximate surface area is 91.5 Å². The Kier molecular flexibility index (Phi) is 2.30. The van der Waals surface area contributed by atoms with Gasteiger partial charge in [0.15, 0.2) is 0 Å². The maximum atomic E-state index is 12.1. The third-order valence-corrected chi connectivity index (χ3v) is 2.82. The lowest BCUT2D eigenvalue weighted by molar-refractivity contribution is -0.144. The topological polar surface area (TPSA) is 75.1 Å². The van der Waals surface area contributed by atoms with Crippen LogP contribution in [0.25, 0.3) is 0 Å². The van der Waals surface area contributed by atoms with Crippen molar-refractivity contribution in [2.75, 3.05) is 5.32 Å². The number of carboxylic acid groups (broad SMARTS) is 1. The Balaban J connectivity index is 2.12. The average molecular weight is 253 g/mol. The predicted octanol–water partition coefficient (Wildman–Crippen LogP) is 1.59. The fourth-order valence-electron chi connectivity index (χ4n) is 1.11. The first kappa shape index (κ1) is 11.1. The van der Waals surface area contributed by atoms with Crippen LogP contribution in [0.2, 0.25) is 0 Å². The molecule has 5 nitrogen and oxygen atoms in total. The number of hydrogen-bond donors (Lipinski definition) is 2. The fourth-order valence-corrected chi connectivity index (χ4v) is 1.80. The summed E-state index contributed by atoms with van der Waals surface area (Å²) < 4.78 is 39.5. The van der Waals surface area contributed by atoms with Gasteiger partial charge in [0.2, 0.25) is 11.0 Å². The van der Waals surface area contributed by atoms with E-state index in [4.69, 9.17) is 5.11 Å². The van der Waals surface area contributed by atoms with E-state index >= 15 is 0 Å². The molecule has 0 spiro atoms. The van der Waals surface area contributed by atoms with E-state index in [9.17, 15) is 18.0 Å². The molecular formula is C7H6F3N3O2S. The minimum absolute atomic E-state index is 0.118. The molecular weight excluding hydrogens is 247 g/mol. The Bertz CT molecular complexity index is 427. The number of anilines is 1. The molecule has 1 aliphatic carbocycles. The summed E-state index contributed by atoms with van der Waals surface area (Å²) in [5.74, 6) is -2.34. The average Bonchev–Trinajstić information content (AvgIpc) is 2.74. The second-order valence-corrected chi connectivity index (χ2v) is 4.19. The molecule has 0 amide bonds. The molecule has 1 heterocycles. The summed E-state index contributed by atoms with van der Waals surface area (Å²) in [7, 11) is 0. The van der Waals surface area contributed by atoms with E-state index in [1.54, 1.807) is 0 Å². The van der Waals surface area contributed by atoms with Crippen molar-refractivity contribution in [3.63, 3.8) is 0 Å². The number of nitrogens with zero attached hydrogens (tertiary/aromatic N) is 2. The zero-order valence-electron chi connectivity index (χ0n) is 7.71. The third kappa shape index (κ3) is 1.94. The number of hydrogen-bond acceptors (Lipinski definition) is 5. The lowest BCUT2D eigenvalue weighted by Gasteiger charge is -2.09. The molecule has 1 aromatic rings. The van der Waals surface area contributed by atoms with E-state index in [1.807, 2.05) is 0 Å². The fraction of sp³-hybridized carbons (Fsp3) is 0.571. The lowest BCUT2D eigenvalue weighted by Crippen LogP contribution is -2.31. The summed E-state index contributed by atoms with van der Waals surface area (Å²) in [6.07, 6.45) is -3.84. The smallest absolute Gasteiger partial charge is 0.452 e. The molecule has 1 aliphatic rings. The van der Waals surface area contributed by atoms with E-state index in [0.29, 0.717) is 24.4 Å². The molecule has 1 fully saturated rings. The molecule has 0 bridgehead atoms. The van der Waals surface area contributed by atoms with Crippen molar-refractivity contribution >= 4 is 22.6 Å². The van der Waals surface area contributed by atoms with Crippen molar-refractivity contribution in [1.82, 2.24) is 9.36 Å². The summed E-state index contributed by atoms with van der Waals surface area (Å²) in [5.41, 5.74) is -1.15. The van der Waals surface area contributed by atoms with Gasteiger partial charge >= 0.3 is 12.1 Å². The number of nitrogens with one attached hydrogen (secondary N) is 1. The van der Waals surface area contributed by atoms with Crippen LogP contribution in [0.4, 0.5) is 18.3 Å². The Morgan fingerprint density at radius 1 is 1.50 bits per heavy atom. The van der Waals surface area contributed by atoms with Crippen LogP contribution in [0.15, 0.2) is 0 Å². The van der Waals surface area contributed by atoms with Gasteiger partial charge in [0.1, 0.15) is 5.54 Å². The summed E-state index contributed by atoms with van der Waals surface area (Å²) >= 11 is 0.505. The van der Waals surface area contributed by atoms with Crippen molar-refractivity contribution in [2.24, 2.45) is 0 Å². The van der Waals surface area contributed by atoms with Crippen LogP contribution in [-0.4, -0.2) is 26.0 Å². The molecule has 0 atom stereocenters. The minimum atomic E-state index is -4.60. The highest BCUT2D eigenvalue weighted by Crippen LogP contribution is 2.40. The molecule has 0 unspecified atom stereocenters. The second-order valence-electron chi connectivity index (χ2n) is 3.43. The quantitative estimate of drug-likeness (QED) is 0.855. The molecule has 2 N–H and O–H groups in total. The third-order valence-electron chi connectivity index (χ3n) is 2.19.